The number of nitrogens with one attached hydrogen (secondary N) is 1. The van der Waals surface area contributed by atoms with E-state index in [0.717, 1.165) is 16.7 Å². The van der Waals surface area contributed by atoms with Gasteiger partial charge in [0, 0.05) is 13.0 Å². The first-order valence-electron chi connectivity index (χ1n) is 13.9. The van der Waals surface area contributed by atoms with Gasteiger partial charge >= 0.3 is 12.1 Å². The number of rotatable bonds is 10. The molecule has 3 aromatic carbocycles. The standard InChI is InChI=1S/C33H38N2O6/c1-33(2,3)41-32(38)34-28(21-24-16-18-27(19-17-24)39-22-25-11-6-4-7-12-25)30(36)35-20-10-15-29(35)31(37)40-23-26-13-8-5-9-14-26/h4-9,11-14,16-19,28-29H,10,15,20-23H2,1-3H3,(H,34,38)/t28-,29-/m0/s1. The van der Waals surface area contributed by atoms with E-state index in [4.69, 9.17) is 14.2 Å². The highest BCUT2D eigenvalue weighted by molar-refractivity contribution is 5.90. The Bertz CT molecular complexity index is 1290. The fourth-order valence-corrected chi connectivity index (χ4v) is 4.65. The lowest BCUT2D eigenvalue weighted by Gasteiger charge is -2.29. The summed E-state index contributed by atoms with van der Waals surface area (Å²) in [4.78, 5) is 41.0. The average molecular weight is 559 g/mol. The molecule has 0 radical (unpaired) electrons. The number of carbonyl (C=O) groups is 3. The molecular formula is C33H38N2O6. The van der Waals surface area contributed by atoms with E-state index in [0.29, 0.717) is 31.7 Å². The van der Waals surface area contributed by atoms with Crippen LogP contribution in [0.2, 0.25) is 0 Å². The monoisotopic (exact) mass is 558 g/mol. The van der Waals surface area contributed by atoms with Crippen LogP contribution in [0.3, 0.4) is 0 Å². The smallest absolute Gasteiger partial charge is 0.408 e. The molecule has 1 saturated heterocycles. The summed E-state index contributed by atoms with van der Waals surface area (Å²) < 4.78 is 16.9. The molecule has 0 aromatic heterocycles. The molecule has 1 aliphatic heterocycles. The number of hydrogen-bond donors (Lipinski definition) is 1. The van der Waals surface area contributed by atoms with Crippen LogP contribution in [-0.2, 0) is 38.7 Å². The topological polar surface area (TPSA) is 94.2 Å². The van der Waals surface area contributed by atoms with Crippen LogP contribution in [0.5, 0.6) is 5.75 Å². The summed E-state index contributed by atoms with van der Waals surface area (Å²) in [5.41, 5.74) is 2.03. The fraction of sp³-hybridized carbons (Fsp3) is 0.364. The number of nitrogens with zero attached hydrogens (tertiary/aromatic N) is 1. The van der Waals surface area contributed by atoms with E-state index in [1.165, 1.54) is 4.90 Å². The molecule has 1 fully saturated rings. The predicted octanol–water partition coefficient (Wildman–Crippen LogP) is 5.44. The molecule has 0 aliphatic carbocycles. The van der Waals surface area contributed by atoms with Crippen molar-refractivity contribution in [1.82, 2.24) is 10.2 Å². The minimum Gasteiger partial charge on any atom is -0.489 e. The van der Waals surface area contributed by atoms with Crippen LogP contribution in [0.1, 0.15) is 50.3 Å². The highest BCUT2D eigenvalue weighted by atomic mass is 16.6. The second kappa shape index (κ2) is 13.8. The molecule has 0 unspecified atom stereocenters. The van der Waals surface area contributed by atoms with Gasteiger partial charge in [0.1, 0.15) is 36.6 Å². The lowest BCUT2D eigenvalue weighted by Crippen LogP contribution is -2.53. The van der Waals surface area contributed by atoms with Crippen LogP contribution >= 0.6 is 0 Å². The maximum Gasteiger partial charge on any atom is 0.408 e. The summed E-state index contributed by atoms with van der Waals surface area (Å²) >= 11 is 0. The van der Waals surface area contributed by atoms with E-state index in [9.17, 15) is 14.4 Å². The molecule has 2 amide bonds. The number of alkyl carbamates (subject to hydrolysis) is 1. The van der Waals surface area contributed by atoms with Crippen molar-refractivity contribution in [3.8, 4) is 5.75 Å². The van der Waals surface area contributed by atoms with Crippen LogP contribution in [0, 0.1) is 0 Å². The zero-order valence-corrected chi connectivity index (χ0v) is 23.9. The molecule has 0 saturated carbocycles. The molecule has 2 atom stereocenters. The van der Waals surface area contributed by atoms with Gasteiger partial charge in [-0.2, -0.15) is 0 Å². The number of amides is 2. The molecule has 0 spiro atoms. The van der Waals surface area contributed by atoms with E-state index in [1.807, 2.05) is 84.9 Å². The maximum atomic E-state index is 13.8. The third kappa shape index (κ3) is 9.10. The highest BCUT2D eigenvalue weighted by Gasteiger charge is 2.39. The molecule has 8 nitrogen and oxygen atoms in total. The number of ether oxygens (including phenoxy) is 3. The first-order chi connectivity index (χ1) is 19.7. The van der Waals surface area contributed by atoms with Crippen LogP contribution in [-0.4, -0.2) is 47.1 Å². The molecule has 1 aliphatic rings. The SMILES string of the molecule is CC(C)(C)OC(=O)N[C@@H](Cc1ccc(OCc2ccccc2)cc1)C(=O)N1CCC[C@H]1C(=O)OCc1ccccc1. The van der Waals surface area contributed by atoms with Crippen molar-refractivity contribution in [2.75, 3.05) is 6.54 Å². The van der Waals surface area contributed by atoms with E-state index in [2.05, 4.69) is 5.32 Å². The van der Waals surface area contributed by atoms with Crippen molar-refractivity contribution in [2.24, 2.45) is 0 Å². The van der Waals surface area contributed by atoms with Gasteiger partial charge in [-0.1, -0.05) is 72.8 Å². The third-order valence-electron chi connectivity index (χ3n) is 6.63. The maximum absolute atomic E-state index is 13.8. The number of esters is 1. The number of carbonyl (C=O) groups excluding carboxylic acids is 3. The zero-order chi connectivity index (χ0) is 29.2. The van der Waals surface area contributed by atoms with Gasteiger partial charge in [-0.15, -0.1) is 0 Å². The Morgan fingerprint density at radius 1 is 0.854 bits per heavy atom. The fourth-order valence-electron chi connectivity index (χ4n) is 4.65. The largest absolute Gasteiger partial charge is 0.489 e. The molecule has 1 heterocycles. The van der Waals surface area contributed by atoms with Gasteiger partial charge in [0.15, 0.2) is 0 Å². The Labute approximate surface area is 241 Å². The number of benzene rings is 3. The summed E-state index contributed by atoms with van der Waals surface area (Å²) in [7, 11) is 0. The van der Waals surface area contributed by atoms with Crippen LogP contribution < -0.4 is 10.1 Å². The predicted molar refractivity (Wildman–Crippen MR) is 155 cm³/mol. The summed E-state index contributed by atoms with van der Waals surface area (Å²) in [5, 5.41) is 2.74. The van der Waals surface area contributed by atoms with Gasteiger partial charge in [0.05, 0.1) is 0 Å². The first kappa shape index (κ1) is 29.6. The zero-order valence-electron chi connectivity index (χ0n) is 23.9. The summed E-state index contributed by atoms with van der Waals surface area (Å²) in [5.74, 6) is -0.101. The minimum atomic E-state index is -0.927. The van der Waals surface area contributed by atoms with Crippen molar-refractivity contribution in [3.05, 3.63) is 102 Å². The molecule has 4 rings (SSSR count). The van der Waals surface area contributed by atoms with Crippen molar-refractivity contribution in [1.29, 1.82) is 0 Å². The quantitative estimate of drug-likeness (QED) is 0.333. The second-order valence-electron chi connectivity index (χ2n) is 11.1. The van der Waals surface area contributed by atoms with Gasteiger partial charge in [-0.05, 0) is 62.4 Å². The third-order valence-corrected chi connectivity index (χ3v) is 6.63. The van der Waals surface area contributed by atoms with Gasteiger partial charge in [0.25, 0.3) is 0 Å². The van der Waals surface area contributed by atoms with Crippen LogP contribution in [0.25, 0.3) is 0 Å². The van der Waals surface area contributed by atoms with E-state index >= 15 is 0 Å². The van der Waals surface area contributed by atoms with E-state index in [1.54, 1.807) is 20.8 Å². The van der Waals surface area contributed by atoms with E-state index in [-0.39, 0.29) is 18.9 Å². The molecule has 1 N–H and O–H groups in total. The normalized spacial score (nSPS) is 15.6. The second-order valence-corrected chi connectivity index (χ2v) is 11.1. The molecule has 8 heteroatoms. The lowest BCUT2D eigenvalue weighted by molar-refractivity contribution is -0.155. The van der Waals surface area contributed by atoms with Gasteiger partial charge < -0.3 is 24.4 Å². The van der Waals surface area contributed by atoms with Gasteiger partial charge in [-0.3, -0.25) is 4.79 Å². The molecule has 41 heavy (non-hydrogen) atoms. The molecule has 216 valence electrons. The van der Waals surface area contributed by atoms with Gasteiger partial charge in [-0.25, -0.2) is 9.59 Å². The van der Waals surface area contributed by atoms with Crippen molar-refractivity contribution in [2.45, 2.75) is 70.9 Å². The first-order valence-corrected chi connectivity index (χ1v) is 13.9. The Morgan fingerprint density at radius 3 is 2.07 bits per heavy atom. The molecule has 3 aromatic rings. The Balaban J connectivity index is 1.43. The Morgan fingerprint density at radius 2 is 1.46 bits per heavy atom. The average Bonchev–Trinajstić information content (AvgIpc) is 3.45. The highest BCUT2D eigenvalue weighted by Crippen LogP contribution is 2.22. The van der Waals surface area contributed by atoms with Crippen molar-refractivity contribution < 1.29 is 28.6 Å². The lowest BCUT2D eigenvalue weighted by atomic mass is 10.0. The van der Waals surface area contributed by atoms with E-state index < -0.39 is 29.7 Å². The Kier molecular flexibility index (Phi) is 10.0. The number of likely N-dealkylation sites (tertiary alicyclic amines) is 1. The summed E-state index contributed by atoms with van der Waals surface area (Å²) in [6, 6.07) is 25.1. The summed E-state index contributed by atoms with van der Waals surface area (Å²) in [6.07, 6.45) is 0.704. The number of hydrogen-bond acceptors (Lipinski definition) is 6. The Hall–Kier alpha value is -4.33. The van der Waals surface area contributed by atoms with Crippen molar-refractivity contribution >= 4 is 18.0 Å². The summed E-state index contributed by atoms with van der Waals surface area (Å²) in [6.45, 7) is 6.27. The van der Waals surface area contributed by atoms with Crippen molar-refractivity contribution in [3.63, 3.8) is 0 Å². The van der Waals surface area contributed by atoms with Gasteiger partial charge in [0.2, 0.25) is 5.91 Å². The van der Waals surface area contributed by atoms with Crippen LogP contribution in [0.4, 0.5) is 4.79 Å². The minimum absolute atomic E-state index is 0.135. The molecule has 0 bridgehead atoms. The van der Waals surface area contributed by atoms with Crippen LogP contribution in [0.15, 0.2) is 84.9 Å². The molecular weight excluding hydrogens is 520 g/mol.